The fourth-order valence-corrected chi connectivity index (χ4v) is 2.24. The average Bonchev–Trinajstić information content (AvgIpc) is 2.89. The summed E-state index contributed by atoms with van der Waals surface area (Å²) < 4.78 is 10.4. The highest BCUT2D eigenvalue weighted by atomic mass is 32.2. The quantitative estimate of drug-likeness (QED) is 0.676. The van der Waals surface area contributed by atoms with Gasteiger partial charge in [0, 0.05) is 5.56 Å². The van der Waals surface area contributed by atoms with E-state index in [1.54, 1.807) is 14.2 Å². The molecule has 0 radical (unpaired) electrons. The van der Waals surface area contributed by atoms with Crippen molar-refractivity contribution in [1.82, 2.24) is 5.32 Å². The number of ether oxygens (including phenoxy) is 2. The predicted octanol–water partition coefficient (Wildman–Crippen LogP) is 1.65. The van der Waals surface area contributed by atoms with Crippen LogP contribution in [0.3, 0.4) is 0 Å². The van der Waals surface area contributed by atoms with E-state index >= 15 is 0 Å². The van der Waals surface area contributed by atoms with Crippen LogP contribution < -0.4 is 14.8 Å². The molecule has 0 aliphatic carbocycles. The maximum atomic E-state index is 11.0. The van der Waals surface area contributed by atoms with Crippen LogP contribution in [0.4, 0.5) is 0 Å². The smallest absolute Gasteiger partial charge is 0.236 e. The fraction of sp³-hybridized carbons (Fsp3) is 0.308. The Morgan fingerprint density at radius 3 is 2.65 bits per heavy atom. The summed E-state index contributed by atoms with van der Waals surface area (Å²) in [4.78, 5) is 11.0. The Labute approximate surface area is 121 Å². The molecule has 0 bridgehead atoms. The number of methoxy groups -OCH3 is 2. The first-order valence-electron chi connectivity index (χ1n) is 5.91. The maximum Gasteiger partial charge on any atom is 0.236 e. The van der Waals surface area contributed by atoms with E-state index in [0.29, 0.717) is 22.4 Å². The molecule has 0 spiro atoms. The van der Waals surface area contributed by atoms with Gasteiger partial charge in [-0.25, -0.2) is 0 Å². The number of nitrogens with zero attached hydrogens (tertiary/aromatic N) is 2. The van der Waals surface area contributed by atoms with Crippen LogP contribution in [0.25, 0.3) is 0 Å². The van der Waals surface area contributed by atoms with Gasteiger partial charge < -0.3 is 14.8 Å². The van der Waals surface area contributed by atoms with Crippen molar-refractivity contribution in [2.45, 2.75) is 6.92 Å². The molecule has 0 unspecified atom stereocenters. The lowest BCUT2D eigenvalue weighted by atomic mass is 10.1. The molecule has 1 aliphatic rings. The number of hydrogen-bond acceptors (Lipinski definition) is 6. The third kappa shape index (κ3) is 3.30. The zero-order valence-corrected chi connectivity index (χ0v) is 12.3. The number of benzene rings is 1. The lowest BCUT2D eigenvalue weighted by Gasteiger charge is -2.08. The first-order chi connectivity index (χ1) is 9.63. The number of amidine groups is 1. The van der Waals surface area contributed by atoms with Crippen LogP contribution in [0.15, 0.2) is 28.4 Å². The molecule has 1 fully saturated rings. The zero-order chi connectivity index (χ0) is 14.5. The van der Waals surface area contributed by atoms with E-state index in [4.69, 9.17) is 9.47 Å². The van der Waals surface area contributed by atoms with Crippen molar-refractivity contribution in [1.29, 1.82) is 0 Å². The molecule has 7 heteroatoms. The molecule has 20 heavy (non-hydrogen) atoms. The Hall–Kier alpha value is -2.02. The summed E-state index contributed by atoms with van der Waals surface area (Å²) in [7, 11) is 3.17. The Balaban J connectivity index is 2.20. The van der Waals surface area contributed by atoms with Crippen LogP contribution in [0.2, 0.25) is 0 Å². The molecule has 1 amide bonds. The molecule has 1 heterocycles. The molecule has 1 aliphatic heterocycles. The van der Waals surface area contributed by atoms with E-state index in [1.807, 2.05) is 25.1 Å². The molecule has 2 rings (SSSR count). The van der Waals surface area contributed by atoms with Crippen molar-refractivity contribution in [3.8, 4) is 11.5 Å². The SMILES string of the molecule is COc1ccc(/C(C)=N/N=C2/NC(=O)CS2)cc1OC. The number of hydrogen-bond donors (Lipinski definition) is 1. The minimum atomic E-state index is -0.0484. The molecule has 106 valence electrons. The topological polar surface area (TPSA) is 72.3 Å². The Bertz CT molecular complexity index is 584. The first-order valence-corrected chi connectivity index (χ1v) is 6.90. The van der Waals surface area contributed by atoms with E-state index in [-0.39, 0.29) is 5.91 Å². The third-order valence-corrected chi connectivity index (χ3v) is 3.54. The molecular formula is C13H15N3O3S. The van der Waals surface area contributed by atoms with Gasteiger partial charge in [0.05, 0.1) is 25.7 Å². The molecule has 0 saturated carbocycles. The lowest BCUT2D eigenvalue weighted by molar-refractivity contribution is -0.116. The molecular weight excluding hydrogens is 278 g/mol. The van der Waals surface area contributed by atoms with E-state index in [9.17, 15) is 4.79 Å². The van der Waals surface area contributed by atoms with Gasteiger partial charge in [0.25, 0.3) is 0 Å². The highest BCUT2D eigenvalue weighted by molar-refractivity contribution is 8.15. The van der Waals surface area contributed by atoms with E-state index in [1.165, 1.54) is 11.8 Å². The molecule has 6 nitrogen and oxygen atoms in total. The van der Waals surface area contributed by atoms with Gasteiger partial charge in [-0.1, -0.05) is 11.8 Å². The van der Waals surface area contributed by atoms with Crippen molar-refractivity contribution in [2.75, 3.05) is 20.0 Å². The van der Waals surface area contributed by atoms with Crippen LogP contribution in [0.1, 0.15) is 12.5 Å². The van der Waals surface area contributed by atoms with Crippen molar-refractivity contribution in [2.24, 2.45) is 10.2 Å². The van der Waals surface area contributed by atoms with Crippen molar-refractivity contribution >= 4 is 28.5 Å². The highest BCUT2D eigenvalue weighted by Gasteiger charge is 2.16. The van der Waals surface area contributed by atoms with Crippen LogP contribution >= 0.6 is 11.8 Å². The molecule has 1 N–H and O–H groups in total. The monoisotopic (exact) mass is 293 g/mol. The van der Waals surface area contributed by atoms with Crippen LogP contribution in [0, 0.1) is 0 Å². The summed E-state index contributed by atoms with van der Waals surface area (Å²) in [5.74, 6) is 1.64. The first kappa shape index (κ1) is 14.4. The Morgan fingerprint density at radius 1 is 1.30 bits per heavy atom. The summed E-state index contributed by atoms with van der Waals surface area (Å²) >= 11 is 1.34. The van der Waals surface area contributed by atoms with Gasteiger partial charge in [0.1, 0.15) is 0 Å². The Morgan fingerprint density at radius 2 is 2.05 bits per heavy atom. The maximum absolute atomic E-state index is 11.0. The van der Waals surface area contributed by atoms with Crippen molar-refractivity contribution < 1.29 is 14.3 Å². The largest absolute Gasteiger partial charge is 0.493 e. The molecule has 1 saturated heterocycles. The van der Waals surface area contributed by atoms with Gasteiger partial charge >= 0.3 is 0 Å². The van der Waals surface area contributed by atoms with E-state index < -0.39 is 0 Å². The normalized spacial score (nSPS) is 17.2. The number of rotatable bonds is 4. The van der Waals surface area contributed by atoms with Crippen LogP contribution in [-0.4, -0.2) is 36.8 Å². The van der Waals surface area contributed by atoms with Gasteiger partial charge in [0.15, 0.2) is 16.7 Å². The molecule has 0 atom stereocenters. The number of amides is 1. The summed E-state index contributed by atoms with van der Waals surface area (Å²) in [5, 5.41) is 11.3. The summed E-state index contributed by atoms with van der Waals surface area (Å²) in [6.07, 6.45) is 0. The summed E-state index contributed by atoms with van der Waals surface area (Å²) in [5.41, 5.74) is 1.60. The van der Waals surface area contributed by atoms with Crippen LogP contribution in [-0.2, 0) is 4.79 Å². The second-order valence-corrected chi connectivity index (χ2v) is 4.96. The standard InChI is InChI=1S/C13H15N3O3S/c1-8(15-16-13-14-12(17)7-20-13)9-4-5-10(18-2)11(6-9)19-3/h4-6H,7H2,1-3H3,(H,14,16,17)/b15-8+. The fourth-order valence-electron chi connectivity index (χ4n) is 1.62. The van der Waals surface area contributed by atoms with Gasteiger partial charge in [0.2, 0.25) is 5.91 Å². The van der Waals surface area contributed by atoms with Crippen molar-refractivity contribution in [3.05, 3.63) is 23.8 Å². The van der Waals surface area contributed by atoms with Gasteiger partial charge in [-0.2, -0.15) is 5.10 Å². The number of carbonyl (C=O) groups is 1. The second kappa shape index (κ2) is 6.42. The van der Waals surface area contributed by atoms with Crippen LogP contribution in [0.5, 0.6) is 11.5 Å². The second-order valence-electron chi connectivity index (χ2n) is 4.00. The summed E-state index contributed by atoms with van der Waals surface area (Å²) in [6.45, 7) is 1.84. The average molecular weight is 293 g/mol. The number of carbonyl (C=O) groups excluding carboxylic acids is 1. The number of nitrogens with one attached hydrogen (secondary N) is 1. The lowest BCUT2D eigenvalue weighted by Crippen LogP contribution is -2.19. The number of thioether (sulfide) groups is 1. The summed E-state index contributed by atoms with van der Waals surface area (Å²) in [6, 6.07) is 5.52. The minimum absolute atomic E-state index is 0.0484. The predicted molar refractivity (Wildman–Crippen MR) is 79.8 cm³/mol. The third-order valence-electron chi connectivity index (χ3n) is 2.68. The van der Waals surface area contributed by atoms with Gasteiger partial charge in [-0.05, 0) is 25.1 Å². The Kier molecular flexibility index (Phi) is 4.62. The van der Waals surface area contributed by atoms with Gasteiger partial charge in [-0.15, -0.1) is 5.10 Å². The van der Waals surface area contributed by atoms with E-state index in [0.717, 1.165) is 11.3 Å². The van der Waals surface area contributed by atoms with E-state index in [2.05, 4.69) is 15.5 Å². The molecule has 1 aromatic carbocycles. The minimum Gasteiger partial charge on any atom is -0.493 e. The van der Waals surface area contributed by atoms with Crippen molar-refractivity contribution in [3.63, 3.8) is 0 Å². The highest BCUT2D eigenvalue weighted by Crippen LogP contribution is 2.27. The van der Waals surface area contributed by atoms with Gasteiger partial charge in [-0.3, -0.25) is 4.79 Å². The molecule has 1 aromatic rings. The zero-order valence-electron chi connectivity index (χ0n) is 11.5. The molecule has 0 aromatic heterocycles.